The normalized spacial score (nSPS) is 14.9. The van der Waals surface area contributed by atoms with Crippen LogP contribution in [0.5, 0.6) is 5.75 Å². The minimum Gasteiger partial charge on any atom is -0.494 e. The van der Waals surface area contributed by atoms with Gasteiger partial charge < -0.3 is 14.8 Å². The van der Waals surface area contributed by atoms with Gasteiger partial charge >= 0.3 is 0 Å². The third-order valence-corrected chi connectivity index (χ3v) is 6.99. The number of benzene rings is 2. The summed E-state index contributed by atoms with van der Waals surface area (Å²) in [6.45, 7) is 4.55. The molecular formula is C23H30N2O5S. The molecule has 2 aromatic carbocycles. The predicted octanol–water partition coefficient (Wildman–Crippen LogP) is 2.88. The number of morpholine rings is 1. The number of amides is 1. The van der Waals surface area contributed by atoms with Crippen LogP contribution < -0.4 is 10.1 Å². The summed E-state index contributed by atoms with van der Waals surface area (Å²) < 4.78 is 37.6. The molecule has 0 saturated carbocycles. The molecule has 0 atom stereocenters. The highest BCUT2D eigenvalue weighted by molar-refractivity contribution is 7.89. The monoisotopic (exact) mass is 446 g/mol. The van der Waals surface area contributed by atoms with E-state index in [2.05, 4.69) is 5.32 Å². The number of ether oxygens (including phenoxy) is 2. The van der Waals surface area contributed by atoms with Gasteiger partial charge in [0.25, 0.3) is 0 Å². The number of hydrogen-bond acceptors (Lipinski definition) is 5. The van der Waals surface area contributed by atoms with Crippen LogP contribution >= 0.6 is 0 Å². The first-order chi connectivity index (χ1) is 14.9. The third kappa shape index (κ3) is 7.05. The molecule has 1 amide bonds. The number of carbonyl (C=O) groups is 1. The van der Waals surface area contributed by atoms with Gasteiger partial charge in [-0.3, -0.25) is 4.79 Å². The van der Waals surface area contributed by atoms with E-state index in [1.165, 1.54) is 4.31 Å². The van der Waals surface area contributed by atoms with Crippen molar-refractivity contribution in [2.24, 2.45) is 0 Å². The van der Waals surface area contributed by atoms with Crippen molar-refractivity contribution in [3.8, 4) is 5.75 Å². The fraction of sp³-hybridized carbons (Fsp3) is 0.435. The summed E-state index contributed by atoms with van der Waals surface area (Å²) in [5.74, 6) is 0.823. The van der Waals surface area contributed by atoms with Crippen molar-refractivity contribution in [1.82, 2.24) is 9.62 Å². The highest BCUT2D eigenvalue weighted by atomic mass is 32.2. The molecule has 1 fully saturated rings. The molecule has 0 aliphatic carbocycles. The number of hydrogen-bond donors (Lipinski definition) is 1. The lowest BCUT2D eigenvalue weighted by Crippen LogP contribution is -2.40. The van der Waals surface area contributed by atoms with E-state index in [0.717, 1.165) is 29.7 Å². The van der Waals surface area contributed by atoms with Gasteiger partial charge in [-0.2, -0.15) is 4.31 Å². The Kier molecular flexibility index (Phi) is 8.45. The first-order valence-corrected chi connectivity index (χ1v) is 12.0. The molecule has 0 aromatic heterocycles. The van der Waals surface area contributed by atoms with Gasteiger partial charge in [0.1, 0.15) is 5.75 Å². The zero-order valence-electron chi connectivity index (χ0n) is 17.9. The van der Waals surface area contributed by atoms with Crippen LogP contribution in [0.2, 0.25) is 0 Å². The van der Waals surface area contributed by atoms with E-state index in [4.69, 9.17) is 9.47 Å². The Morgan fingerprint density at radius 3 is 2.55 bits per heavy atom. The fourth-order valence-electron chi connectivity index (χ4n) is 3.29. The summed E-state index contributed by atoms with van der Waals surface area (Å²) in [5, 5.41) is 2.88. The number of unbranched alkanes of at least 4 members (excludes halogenated alkanes) is 1. The maximum atomic E-state index is 12.6. The lowest BCUT2D eigenvalue weighted by molar-refractivity contribution is -0.121. The van der Waals surface area contributed by atoms with Gasteiger partial charge in [0.05, 0.1) is 24.7 Å². The first kappa shape index (κ1) is 23.2. The lowest BCUT2D eigenvalue weighted by Gasteiger charge is -2.26. The van der Waals surface area contributed by atoms with Gasteiger partial charge in [-0.1, -0.05) is 24.3 Å². The van der Waals surface area contributed by atoms with Crippen molar-refractivity contribution in [1.29, 1.82) is 0 Å². The minimum absolute atomic E-state index is 0.0272. The zero-order valence-corrected chi connectivity index (χ0v) is 18.7. The van der Waals surface area contributed by atoms with Crippen LogP contribution in [0.3, 0.4) is 0 Å². The second-order valence-corrected chi connectivity index (χ2v) is 9.50. The second-order valence-electron chi connectivity index (χ2n) is 7.56. The van der Waals surface area contributed by atoms with Crippen molar-refractivity contribution >= 4 is 15.9 Å². The van der Waals surface area contributed by atoms with Crippen LogP contribution in [0.1, 0.15) is 30.4 Å². The maximum absolute atomic E-state index is 12.6. The van der Waals surface area contributed by atoms with Crippen molar-refractivity contribution in [3.63, 3.8) is 0 Å². The Morgan fingerprint density at radius 2 is 1.84 bits per heavy atom. The molecule has 1 aliphatic rings. The molecule has 8 heteroatoms. The zero-order chi connectivity index (χ0) is 22.1. The summed E-state index contributed by atoms with van der Waals surface area (Å²) in [6.07, 6.45) is 1.98. The van der Waals surface area contributed by atoms with E-state index in [0.29, 0.717) is 45.9 Å². The molecule has 0 unspecified atom stereocenters. The largest absolute Gasteiger partial charge is 0.494 e. The maximum Gasteiger partial charge on any atom is 0.243 e. The number of rotatable bonds is 10. The topological polar surface area (TPSA) is 84.9 Å². The first-order valence-electron chi connectivity index (χ1n) is 10.6. The number of nitrogens with one attached hydrogen (secondary N) is 1. The van der Waals surface area contributed by atoms with Crippen molar-refractivity contribution < 1.29 is 22.7 Å². The average Bonchev–Trinajstić information content (AvgIpc) is 2.78. The Hall–Kier alpha value is -2.42. The summed E-state index contributed by atoms with van der Waals surface area (Å²) in [7, 11) is -3.50. The number of carbonyl (C=O) groups excluding carboxylic acids is 1. The van der Waals surface area contributed by atoms with Crippen LogP contribution in [0.4, 0.5) is 0 Å². The predicted molar refractivity (Wildman–Crippen MR) is 118 cm³/mol. The molecule has 1 saturated heterocycles. The molecule has 1 aliphatic heterocycles. The summed E-state index contributed by atoms with van der Waals surface area (Å²) in [4.78, 5) is 12.3. The Labute approximate surface area is 184 Å². The van der Waals surface area contributed by atoms with Crippen LogP contribution in [0.25, 0.3) is 0 Å². The average molecular weight is 447 g/mol. The smallest absolute Gasteiger partial charge is 0.243 e. The van der Waals surface area contributed by atoms with Gasteiger partial charge in [0, 0.05) is 26.1 Å². The van der Waals surface area contributed by atoms with Gasteiger partial charge in [-0.25, -0.2) is 8.42 Å². The standard InChI is InChI=1S/C23H30N2O5S/c1-19-5-4-6-21(17-19)30-14-3-2-7-23(26)24-18-20-8-10-22(11-9-20)31(27,28)25-12-15-29-16-13-25/h4-6,8-11,17H,2-3,7,12-16,18H2,1H3,(H,24,26). The number of aryl methyl sites for hydroxylation is 1. The molecule has 1 heterocycles. The van der Waals surface area contributed by atoms with Crippen molar-refractivity contribution in [3.05, 3.63) is 59.7 Å². The Bertz CT molecular complexity index is 954. The summed E-state index contributed by atoms with van der Waals surface area (Å²) in [6, 6.07) is 14.6. The molecule has 2 aromatic rings. The Balaban J connectivity index is 1.36. The molecule has 3 rings (SSSR count). The van der Waals surface area contributed by atoms with Gasteiger partial charge in [-0.05, 0) is 55.2 Å². The van der Waals surface area contributed by atoms with Crippen molar-refractivity contribution in [2.75, 3.05) is 32.9 Å². The fourth-order valence-corrected chi connectivity index (χ4v) is 4.70. The number of nitrogens with zero attached hydrogens (tertiary/aromatic N) is 1. The highest BCUT2D eigenvalue weighted by Crippen LogP contribution is 2.18. The quantitative estimate of drug-likeness (QED) is 0.568. The van der Waals surface area contributed by atoms with E-state index >= 15 is 0 Å². The lowest BCUT2D eigenvalue weighted by atomic mass is 10.2. The van der Waals surface area contributed by atoms with Crippen molar-refractivity contribution in [2.45, 2.75) is 37.6 Å². The summed E-state index contributed by atoms with van der Waals surface area (Å²) >= 11 is 0. The molecule has 0 bridgehead atoms. The molecule has 31 heavy (non-hydrogen) atoms. The molecule has 168 valence electrons. The van der Waals surface area contributed by atoms with Gasteiger partial charge in [-0.15, -0.1) is 0 Å². The second kappa shape index (κ2) is 11.3. The SMILES string of the molecule is Cc1cccc(OCCCCC(=O)NCc2ccc(S(=O)(=O)N3CCOCC3)cc2)c1. The van der Waals surface area contributed by atoms with E-state index < -0.39 is 10.0 Å². The van der Waals surface area contributed by atoms with E-state index in [1.807, 2.05) is 31.2 Å². The van der Waals surface area contributed by atoms with E-state index in [1.54, 1.807) is 24.3 Å². The van der Waals surface area contributed by atoms with Gasteiger partial charge in [0.15, 0.2) is 0 Å². The summed E-state index contributed by atoms with van der Waals surface area (Å²) in [5.41, 5.74) is 2.01. The van der Waals surface area contributed by atoms with Crippen LogP contribution in [0.15, 0.2) is 53.4 Å². The molecule has 1 N–H and O–H groups in total. The van der Waals surface area contributed by atoms with Crippen LogP contribution in [-0.4, -0.2) is 51.5 Å². The Morgan fingerprint density at radius 1 is 1.10 bits per heavy atom. The van der Waals surface area contributed by atoms with Gasteiger partial charge in [0.2, 0.25) is 15.9 Å². The molecule has 7 nitrogen and oxygen atoms in total. The van der Waals surface area contributed by atoms with Crippen LogP contribution in [-0.2, 0) is 26.1 Å². The van der Waals surface area contributed by atoms with Crippen LogP contribution in [0, 0.1) is 6.92 Å². The molecule has 0 radical (unpaired) electrons. The minimum atomic E-state index is -3.50. The molecular weight excluding hydrogens is 416 g/mol. The molecule has 0 spiro atoms. The number of sulfonamides is 1. The third-order valence-electron chi connectivity index (χ3n) is 5.08. The van der Waals surface area contributed by atoms with E-state index in [9.17, 15) is 13.2 Å². The highest BCUT2D eigenvalue weighted by Gasteiger charge is 2.26. The van der Waals surface area contributed by atoms with E-state index in [-0.39, 0.29) is 10.8 Å².